The quantitative estimate of drug-likeness (QED) is 0.900. The summed E-state index contributed by atoms with van der Waals surface area (Å²) in [5.41, 5.74) is 0.106. The normalized spacial score (nSPS) is 21.6. The number of carbonyl (C=O) groups excluding carboxylic acids is 1. The van der Waals surface area contributed by atoms with E-state index < -0.39 is 17.4 Å². The summed E-state index contributed by atoms with van der Waals surface area (Å²) in [5.74, 6) is -1.15. The van der Waals surface area contributed by atoms with Crippen molar-refractivity contribution < 1.29 is 14.7 Å². The van der Waals surface area contributed by atoms with Gasteiger partial charge in [-0.25, -0.2) is 4.79 Å². The summed E-state index contributed by atoms with van der Waals surface area (Å²) in [5, 5.41) is 9.49. The van der Waals surface area contributed by atoms with Gasteiger partial charge in [0, 0.05) is 16.6 Å². The topological polar surface area (TPSA) is 57.6 Å². The number of hydrogen-bond donors (Lipinski definition) is 1. The molecule has 0 aromatic heterocycles. The molecule has 1 fully saturated rings. The highest BCUT2D eigenvalue weighted by Crippen LogP contribution is 2.36. The third kappa shape index (κ3) is 2.87. The summed E-state index contributed by atoms with van der Waals surface area (Å²) in [6.07, 6.45) is 1.64. The van der Waals surface area contributed by atoms with E-state index in [4.69, 9.17) is 0 Å². The van der Waals surface area contributed by atoms with E-state index in [0.717, 1.165) is 17.3 Å². The van der Waals surface area contributed by atoms with Crippen LogP contribution in [-0.4, -0.2) is 34.5 Å². The van der Waals surface area contributed by atoms with E-state index in [1.54, 1.807) is 18.2 Å². The highest BCUT2D eigenvalue weighted by molar-refractivity contribution is 9.10. The third-order valence-corrected chi connectivity index (χ3v) is 4.33. The van der Waals surface area contributed by atoms with Gasteiger partial charge in [0.15, 0.2) is 0 Å². The van der Waals surface area contributed by atoms with Crippen molar-refractivity contribution in [2.24, 2.45) is 5.41 Å². The lowest BCUT2D eigenvalue weighted by molar-refractivity contribution is -0.148. The minimum Gasteiger partial charge on any atom is -0.480 e. The monoisotopic (exact) mass is 339 g/mol. The van der Waals surface area contributed by atoms with Crippen LogP contribution in [0.1, 0.15) is 37.0 Å². The molecule has 0 radical (unpaired) electrons. The first-order valence-corrected chi connectivity index (χ1v) is 7.41. The van der Waals surface area contributed by atoms with Gasteiger partial charge < -0.3 is 10.0 Å². The lowest BCUT2D eigenvalue weighted by Crippen LogP contribution is -2.56. The molecule has 1 aromatic rings. The van der Waals surface area contributed by atoms with Crippen LogP contribution in [0.5, 0.6) is 0 Å². The third-order valence-electron chi connectivity index (χ3n) is 3.84. The maximum absolute atomic E-state index is 12.6. The Hall–Kier alpha value is -1.36. The molecule has 1 unspecified atom stereocenters. The molecule has 2 rings (SSSR count). The van der Waals surface area contributed by atoms with Crippen molar-refractivity contribution in [3.63, 3.8) is 0 Å². The van der Waals surface area contributed by atoms with Crippen LogP contribution in [0.25, 0.3) is 0 Å². The van der Waals surface area contributed by atoms with Gasteiger partial charge in [0.2, 0.25) is 0 Å². The van der Waals surface area contributed by atoms with E-state index in [1.165, 1.54) is 4.90 Å². The van der Waals surface area contributed by atoms with Gasteiger partial charge >= 0.3 is 5.97 Å². The van der Waals surface area contributed by atoms with Gasteiger partial charge in [-0.05, 0) is 36.5 Å². The molecule has 20 heavy (non-hydrogen) atoms. The number of halogens is 1. The Labute approximate surface area is 126 Å². The van der Waals surface area contributed by atoms with Crippen molar-refractivity contribution in [1.82, 2.24) is 4.90 Å². The lowest BCUT2D eigenvalue weighted by Gasteiger charge is -2.44. The number of aliphatic carboxylic acids is 1. The molecular formula is C15H18BrNO3. The second kappa shape index (κ2) is 5.56. The highest BCUT2D eigenvalue weighted by Gasteiger charge is 2.44. The molecule has 1 N–H and O–H groups in total. The van der Waals surface area contributed by atoms with Crippen LogP contribution in [-0.2, 0) is 4.79 Å². The van der Waals surface area contributed by atoms with Gasteiger partial charge in [-0.1, -0.05) is 35.8 Å². The minimum absolute atomic E-state index is 0.216. The number of rotatable bonds is 2. The molecule has 1 aliphatic rings. The van der Waals surface area contributed by atoms with E-state index in [9.17, 15) is 14.7 Å². The summed E-state index contributed by atoms with van der Waals surface area (Å²) in [6.45, 7) is 4.31. The Balaban J connectivity index is 2.34. The molecule has 1 atom stereocenters. The fraction of sp³-hybridized carbons (Fsp3) is 0.467. The number of amides is 1. The summed E-state index contributed by atoms with van der Waals surface area (Å²) >= 11 is 3.33. The maximum Gasteiger partial charge on any atom is 0.326 e. The Morgan fingerprint density at radius 3 is 2.70 bits per heavy atom. The van der Waals surface area contributed by atoms with Gasteiger partial charge in [0.25, 0.3) is 5.91 Å². The highest BCUT2D eigenvalue weighted by atomic mass is 79.9. The Morgan fingerprint density at radius 1 is 1.40 bits per heavy atom. The summed E-state index contributed by atoms with van der Waals surface area (Å²) in [6, 6.07) is 6.28. The minimum atomic E-state index is -0.932. The Kier molecular flexibility index (Phi) is 4.18. The van der Waals surface area contributed by atoms with E-state index in [-0.39, 0.29) is 5.91 Å². The summed E-state index contributed by atoms with van der Waals surface area (Å²) < 4.78 is 0.812. The van der Waals surface area contributed by atoms with Gasteiger partial charge in [-0.15, -0.1) is 0 Å². The largest absolute Gasteiger partial charge is 0.480 e. The average molecular weight is 340 g/mol. The number of nitrogens with zero attached hydrogens (tertiary/aromatic N) is 1. The fourth-order valence-corrected chi connectivity index (χ4v) is 3.27. The predicted octanol–water partition coefficient (Wildman–Crippen LogP) is 3.16. The summed E-state index contributed by atoms with van der Waals surface area (Å²) in [4.78, 5) is 25.7. The number of hydrogen-bond acceptors (Lipinski definition) is 2. The Morgan fingerprint density at radius 2 is 2.10 bits per heavy atom. The van der Waals surface area contributed by atoms with E-state index in [1.807, 2.05) is 19.9 Å². The molecule has 108 valence electrons. The SMILES string of the molecule is CC1(C)CCCN(C(=O)c2cccc(Br)c2)C1C(=O)O. The van der Waals surface area contributed by atoms with Gasteiger partial charge in [-0.3, -0.25) is 4.79 Å². The van der Waals surface area contributed by atoms with Gasteiger partial charge in [0.05, 0.1) is 0 Å². The zero-order valence-corrected chi connectivity index (χ0v) is 13.2. The van der Waals surface area contributed by atoms with Crippen LogP contribution >= 0.6 is 15.9 Å². The number of piperidine rings is 1. The second-order valence-electron chi connectivity index (χ2n) is 5.84. The molecule has 1 amide bonds. The zero-order chi connectivity index (χ0) is 14.9. The lowest BCUT2D eigenvalue weighted by atomic mass is 9.76. The maximum atomic E-state index is 12.6. The second-order valence-corrected chi connectivity index (χ2v) is 6.76. The molecule has 0 aliphatic carbocycles. The number of carboxylic acids is 1. The zero-order valence-electron chi connectivity index (χ0n) is 11.6. The van der Waals surface area contributed by atoms with Crippen LogP contribution in [0.15, 0.2) is 28.7 Å². The van der Waals surface area contributed by atoms with Crippen LogP contribution in [0.3, 0.4) is 0 Å². The molecule has 5 heteroatoms. The van der Waals surface area contributed by atoms with Crippen LogP contribution in [0.2, 0.25) is 0 Å². The van der Waals surface area contributed by atoms with Crippen molar-refractivity contribution in [3.05, 3.63) is 34.3 Å². The summed E-state index contributed by atoms with van der Waals surface area (Å²) in [7, 11) is 0. The molecule has 0 bridgehead atoms. The molecule has 1 saturated heterocycles. The number of carbonyl (C=O) groups is 2. The number of benzene rings is 1. The molecule has 1 aromatic carbocycles. The average Bonchev–Trinajstić information content (AvgIpc) is 2.35. The van der Waals surface area contributed by atoms with Crippen molar-refractivity contribution in [2.75, 3.05) is 6.54 Å². The smallest absolute Gasteiger partial charge is 0.326 e. The van der Waals surface area contributed by atoms with Crippen molar-refractivity contribution in [2.45, 2.75) is 32.7 Å². The van der Waals surface area contributed by atoms with Crippen molar-refractivity contribution in [1.29, 1.82) is 0 Å². The first-order valence-electron chi connectivity index (χ1n) is 6.62. The van der Waals surface area contributed by atoms with Crippen LogP contribution in [0, 0.1) is 5.41 Å². The molecule has 1 heterocycles. The fourth-order valence-electron chi connectivity index (χ4n) is 2.87. The number of carboxylic acid groups (broad SMARTS) is 1. The molecule has 0 saturated carbocycles. The van der Waals surface area contributed by atoms with Gasteiger partial charge in [-0.2, -0.15) is 0 Å². The van der Waals surface area contributed by atoms with E-state index in [2.05, 4.69) is 15.9 Å². The predicted molar refractivity (Wildman–Crippen MR) is 79.6 cm³/mol. The molecule has 1 aliphatic heterocycles. The molecule has 0 spiro atoms. The molecular weight excluding hydrogens is 322 g/mol. The molecule has 4 nitrogen and oxygen atoms in total. The van der Waals surface area contributed by atoms with E-state index >= 15 is 0 Å². The number of likely N-dealkylation sites (tertiary alicyclic amines) is 1. The first-order chi connectivity index (χ1) is 9.33. The van der Waals surface area contributed by atoms with Crippen LogP contribution in [0.4, 0.5) is 0 Å². The van der Waals surface area contributed by atoms with Crippen LogP contribution < -0.4 is 0 Å². The standard InChI is InChI=1S/C15H18BrNO3/c1-15(2)7-4-8-17(12(15)14(19)20)13(18)10-5-3-6-11(16)9-10/h3,5-6,9,12H,4,7-8H2,1-2H3,(H,19,20). The Bertz CT molecular complexity index is 542. The van der Waals surface area contributed by atoms with Crippen molar-refractivity contribution >= 4 is 27.8 Å². The van der Waals surface area contributed by atoms with Crippen molar-refractivity contribution in [3.8, 4) is 0 Å². The first kappa shape index (κ1) is 15.0. The van der Waals surface area contributed by atoms with Gasteiger partial charge in [0.1, 0.15) is 6.04 Å². The van der Waals surface area contributed by atoms with E-state index in [0.29, 0.717) is 12.1 Å².